The van der Waals surface area contributed by atoms with Crippen molar-refractivity contribution >= 4 is 21.9 Å². The molecule has 0 aliphatic carbocycles. The molecule has 0 saturated heterocycles. The van der Waals surface area contributed by atoms with Crippen molar-refractivity contribution in [3.63, 3.8) is 0 Å². The highest BCUT2D eigenvalue weighted by molar-refractivity contribution is 6.06. The Bertz CT molecular complexity index is 966. The molecule has 0 saturated carbocycles. The van der Waals surface area contributed by atoms with Gasteiger partial charge in [0.2, 0.25) is 0 Å². The monoisotopic (exact) mass is 273 g/mol. The van der Waals surface area contributed by atoms with Crippen LogP contribution in [0.4, 0.5) is 0 Å². The van der Waals surface area contributed by atoms with Crippen LogP contribution in [0, 0.1) is 13.8 Å². The number of benzene rings is 2. The summed E-state index contributed by atoms with van der Waals surface area (Å²) in [7, 11) is 0. The summed E-state index contributed by atoms with van der Waals surface area (Å²) in [4.78, 5) is 4.79. The number of hydrogen-bond acceptors (Lipinski definition) is 2. The zero-order valence-electron chi connectivity index (χ0n) is 12.1. The maximum Gasteiger partial charge on any atom is 0.139 e. The van der Waals surface area contributed by atoms with Crippen molar-refractivity contribution in [1.29, 1.82) is 0 Å². The Labute approximate surface area is 123 Å². The van der Waals surface area contributed by atoms with E-state index in [-0.39, 0.29) is 0 Å². The minimum atomic E-state index is 0.905. The maximum atomic E-state index is 6.00. The second-order valence-electron chi connectivity index (χ2n) is 5.38. The van der Waals surface area contributed by atoms with E-state index in [9.17, 15) is 0 Å². The van der Waals surface area contributed by atoms with Gasteiger partial charge < -0.3 is 4.42 Å². The third kappa shape index (κ3) is 1.83. The molecule has 102 valence electrons. The molecule has 2 heteroatoms. The SMILES string of the molecule is Cc1ccccc1-c1cc2oc3ccccc3c2c(C)n1. The topological polar surface area (TPSA) is 26.0 Å². The number of furan rings is 1. The zero-order valence-corrected chi connectivity index (χ0v) is 12.1. The third-order valence-electron chi connectivity index (χ3n) is 3.96. The van der Waals surface area contributed by atoms with Crippen molar-refractivity contribution < 1.29 is 4.42 Å². The van der Waals surface area contributed by atoms with Crippen LogP contribution in [0.15, 0.2) is 59.0 Å². The molecule has 0 unspecified atom stereocenters. The van der Waals surface area contributed by atoms with Crippen LogP contribution in [0.3, 0.4) is 0 Å². The molecule has 21 heavy (non-hydrogen) atoms. The Morgan fingerprint density at radius 3 is 2.48 bits per heavy atom. The summed E-state index contributed by atoms with van der Waals surface area (Å²) in [6.45, 7) is 4.15. The van der Waals surface area contributed by atoms with Gasteiger partial charge in [0.15, 0.2) is 0 Å². The van der Waals surface area contributed by atoms with E-state index < -0.39 is 0 Å². The summed E-state index contributed by atoms with van der Waals surface area (Å²) in [5.41, 5.74) is 6.18. The number of aromatic nitrogens is 1. The Morgan fingerprint density at radius 2 is 1.62 bits per heavy atom. The van der Waals surface area contributed by atoms with Gasteiger partial charge in [0.05, 0.1) is 5.69 Å². The van der Waals surface area contributed by atoms with Crippen molar-refractivity contribution in [3.05, 3.63) is 65.9 Å². The first kappa shape index (κ1) is 12.2. The van der Waals surface area contributed by atoms with Crippen LogP contribution >= 0.6 is 0 Å². The van der Waals surface area contributed by atoms with Crippen molar-refractivity contribution in [2.24, 2.45) is 0 Å². The van der Waals surface area contributed by atoms with Crippen molar-refractivity contribution in [3.8, 4) is 11.3 Å². The number of rotatable bonds is 1. The van der Waals surface area contributed by atoms with E-state index in [1.165, 1.54) is 5.56 Å². The van der Waals surface area contributed by atoms with E-state index in [4.69, 9.17) is 9.40 Å². The number of pyridine rings is 1. The molecule has 2 nitrogen and oxygen atoms in total. The van der Waals surface area contributed by atoms with E-state index >= 15 is 0 Å². The van der Waals surface area contributed by atoms with Crippen LogP contribution in [-0.2, 0) is 0 Å². The molecule has 0 aliphatic heterocycles. The average molecular weight is 273 g/mol. The van der Waals surface area contributed by atoms with Gasteiger partial charge in [-0.25, -0.2) is 0 Å². The Hall–Kier alpha value is -2.61. The fourth-order valence-corrected chi connectivity index (χ4v) is 2.93. The first-order valence-corrected chi connectivity index (χ1v) is 7.09. The molecule has 2 aromatic heterocycles. The van der Waals surface area contributed by atoms with Gasteiger partial charge in [-0.2, -0.15) is 0 Å². The summed E-state index contributed by atoms with van der Waals surface area (Å²) in [6.07, 6.45) is 0. The number of fused-ring (bicyclic) bond motifs is 3. The van der Waals surface area contributed by atoms with Gasteiger partial charge in [-0.1, -0.05) is 42.5 Å². The first-order chi connectivity index (χ1) is 10.2. The molecule has 0 atom stereocenters. The molecule has 0 aliphatic rings. The second kappa shape index (κ2) is 4.45. The Balaban J connectivity index is 2.06. The molecule has 2 heterocycles. The number of nitrogens with zero attached hydrogens (tertiary/aromatic N) is 1. The van der Waals surface area contributed by atoms with Crippen LogP contribution in [0.1, 0.15) is 11.3 Å². The molecular weight excluding hydrogens is 258 g/mol. The van der Waals surface area contributed by atoms with E-state index in [0.717, 1.165) is 38.9 Å². The van der Waals surface area contributed by atoms with E-state index in [1.54, 1.807) is 0 Å². The second-order valence-corrected chi connectivity index (χ2v) is 5.38. The summed E-state index contributed by atoms with van der Waals surface area (Å²) in [6, 6.07) is 18.5. The molecular formula is C19H15NO. The van der Waals surface area contributed by atoms with Crippen molar-refractivity contribution in [1.82, 2.24) is 4.98 Å². The standard InChI is InChI=1S/C19H15NO/c1-12-7-3-4-8-14(12)16-11-18-19(13(2)20-16)15-9-5-6-10-17(15)21-18/h3-11H,1-2H3. The molecule has 0 N–H and O–H groups in total. The number of aryl methyl sites for hydroxylation is 2. The maximum absolute atomic E-state index is 6.00. The number of para-hydroxylation sites is 1. The smallest absolute Gasteiger partial charge is 0.139 e. The van der Waals surface area contributed by atoms with Crippen LogP contribution in [0.2, 0.25) is 0 Å². The van der Waals surface area contributed by atoms with Crippen LogP contribution in [-0.4, -0.2) is 4.98 Å². The lowest BCUT2D eigenvalue weighted by molar-refractivity contribution is 0.668. The molecule has 0 fully saturated rings. The van der Waals surface area contributed by atoms with Gasteiger partial charge in [-0.15, -0.1) is 0 Å². The fraction of sp³-hybridized carbons (Fsp3) is 0.105. The molecule has 0 spiro atoms. The highest BCUT2D eigenvalue weighted by Crippen LogP contribution is 2.33. The fourth-order valence-electron chi connectivity index (χ4n) is 2.93. The van der Waals surface area contributed by atoms with E-state index in [2.05, 4.69) is 25.1 Å². The Morgan fingerprint density at radius 1 is 0.857 bits per heavy atom. The summed E-state index contributed by atoms with van der Waals surface area (Å²) in [5, 5.41) is 2.25. The predicted octanol–water partition coefficient (Wildman–Crippen LogP) is 5.26. The quantitative estimate of drug-likeness (QED) is 0.472. The van der Waals surface area contributed by atoms with E-state index in [1.807, 2.05) is 43.3 Å². The molecule has 2 aromatic carbocycles. The lowest BCUT2D eigenvalue weighted by Crippen LogP contribution is -1.90. The average Bonchev–Trinajstić information content (AvgIpc) is 2.86. The van der Waals surface area contributed by atoms with Crippen molar-refractivity contribution in [2.75, 3.05) is 0 Å². The molecule has 0 amide bonds. The number of hydrogen-bond donors (Lipinski definition) is 0. The van der Waals surface area contributed by atoms with Gasteiger partial charge >= 0.3 is 0 Å². The summed E-state index contributed by atoms with van der Waals surface area (Å²) >= 11 is 0. The molecule has 4 aromatic rings. The largest absolute Gasteiger partial charge is 0.456 e. The lowest BCUT2D eigenvalue weighted by Gasteiger charge is -2.06. The van der Waals surface area contributed by atoms with Gasteiger partial charge in [0, 0.05) is 28.1 Å². The minimum Gasteiger partial charge on any atom is -0.456 e. The third-order valence-corrected chi connectivity index (χ3v) is 3.96. The highest BCUT2D eigenvalue weighted by Gasteiger charge is 2.13. The molecule has 0 bridgehead atoms. The highest BCUT2D eigenvalue weighted by atomic mass is 16.3. The van der Waals surface area contributed by atoms with Gasteiger partial charge in [0.25, 0.3) is 0 Å². The van der Waals surface area contributed by atoms with Gasteiger partial charge in [0.1, 0.15) is 11.2 Å². The molecule has 4 rings (SSSR count). The lowest BCUT2D eigenvalue weighted by atomic mass is 10.0. The van der Waals surface area contributed by atoms with E-state index in [0.29, 0.717) is 0 Å². The predicted molar refractivity (Wildman–Crippen MR) is 86.4 cm³/mol. The minimum absolute atomic E-state index is 0.905. The first-order valence-electron chi connectivity index (χ1n) is 7.09. The van der Waals surface area contributed by atoms with Crippen LogP contribution in [0.5, 0.6) is 0 Å². The van der Waals surface area contributed by atoms with Gasteiger partial charge in [-0.05, 0) is 25.5 Å². The van der Waals surface area contributed by atoms with Crippen LogP contribution in [0.25, 0.3) is 33.2 Å². The zero-order chi connectivity index (χ0) is 14.4. The summed E-state index contributed by atoms with van der Waals surface area (Å²) < 4.78 is 6.00. The van der Waals surface area contributed by atoms with Crippen molar-refractivity contribution in [2.45, 2.75) is 13.8 Å². The summed E-state index contributed by atoms with van der Waals surface area (Å²) in [5.74, 6) is 0. The Kier molecular flexibility index (Phi) is 2.58. The normalized spacial score (nSPS) is 11.3. The van der Waals surface area contributed by atoms with Crippen LogP contribution < -0.4 is 0 Å². The van der Waals surface area contributed by atoms with Gasteiger partial charge in [-0.3, -0.25) is 4.98 Å². The molecule has 0 radical (unpaired) electrons.